The molecule has 2 saturated heterocycles. The van der Waals surface area contributed by atoms with E-state index in [1.165, 1.54) is 5.69 Å². The molecule has 1 saturated carbocycles. The molecule has 4 aromatic heterocycles. The minimum atomic E-state index is -0.213. The lowest BCUT2D eigenvalue weighted by Crippen LogP contribution is -2.40. The Morgan fingerprint density at radius 2 is 1.80 bits per heavy atom. The zero-order valence-corrected chi connectivity index (χ0v) is 38.2. The third-order valence-electron chi connectivity index (χ3n) is 14.1. The molecule has 1 N–H and O–H groups in total. The van der Waals surface area contributed by atoms with Crippen molar-refractivity contribution in [3.8, 4) is 23.2 Å². The number of ether oxygens (including phenoxy) is 2. The number of hydrogen-bond donors (Lipinski definition) is 1. The summed E-state index contributed by atoms with van der Waals surface area (Å²) in [5.41, 5.74) is 6.03. The number of aryl methyl sites for hydroxylation is 2. The zero-order valence-electron chi connectivity index (χ0n) is 37.4. The minimum Gasteiger partial charge on any atom is -0.490 e. The molecule has 3 fully saturated rings. The van der Waals surface area contributed by atoms with Gasteiger partial charge in [-0.2, -0.15) is 15.5 Å². The predicted octanol–water partition coefficient (Wildman–Crippen LogP) is 6.62. The molecule has 5 aromatic rings. The second kappa shape index (κ2) is 19.4. The maximum absolute atomic E-state index is 13.1. The lowest BCUT2D eigenvalue weighted by molar-refractivity contribution is -0.129. The number of halogens is 1. The van der Waals surface area contributed by atoms with E-state index in [1.807, 2.05) is 28.0 Å². The van der Waals surface area contributed by atoms with Crippen LogP contribution in [0.25, 0.3) is 11.4 Å². The van der Waals surface area contributed by atoms with Crippen LogP contribution in [0.5, 0.6) is 5.75 Å². The van der Waals surface area contributed by atoms with E-state index in [1.54, 1.807) is 31.2 Å². The summed E-state index contributed by atoms with van der Waals surface area (Å²) in [7, 11) is 0. The van der Waals surface area contributed by atoms with Crippen molar-refractivity contribution in [1.29, 1.82) is 5.26 Å². The Kier molecular flexibility index (Phi) is 12.8. The van der Waals surface area contributed by atoms with E-state index in [2.05, 4.69) is 42.3 Å². The van der Waals surface area contributed by atoms with Crippen molar-refractivity contribution in [1.82, 2.24) is 49.9 Å². The average Bonchev–Trinajstić information content (AvgIpc) is 3.99. The molecule has 8 heterocycles. The number of nitrogens with zero attached hydrogens (tertiary/aromatic N) is 12. The molecule has 0 unspecified atom stereocenters. The second-order valence-corrected chi connectivity index (χ2v) is 18.7. The summed E-state index contributed by atoms with van der Waals surface area (Å²) < 4.78 is 16.0. The number of anilines is 3. The highest BCUT2D eigenvalue weighted by atomic mass is 35.5. The molecule has 17 nitrogen and oxygen atoms in total. The first-order valence-corrected chi connectivity index (χ1v) is 24.0. The summed E-state index contributed by atoms with van der Waals surface area (Å²) in [6.07, 6.45) is 16.7. The average molecular weight is 915 g/mol. The summed E-state index contributed by atoms with van der Waals surface area (Å²) in [5.74, 6) is 3.48. The molecule has 0 spiro atoms. The zero-order chi connectivity index (χ0) is 45.1. The first-order valence-electron chi connectivity index (χ1n) is 23.6. The Hall–Kier alpha value is -6.12. The lowest BCUT2D eigenvalue weighted by Gasteiger charge is -2.32. The van der Waals surface area contributed by atoms with Crippen molar-refractivity contribution in [3.05, 3.63) is 82.2 Å². The van der Waals surface area contributed by atoms with Crippen LogP contribution in [0.3, 0.4) is 0 Å². The first kappa shape index (κ1) is 43.8. The van der Waals surface area contributed by atoms with Crippen molar-refractivity contribution in [2.75, 3.05) is 49.2 Å². The Morgan fingerprint density at radius 1 is 0.970 bits per heavy atom. The number of nitriles is 1. The topological polar surface area (TPSA) is 185 Å². The van der Waals surface area contributed by atoms with Gasteiger partial charge in [-0.1, -0.05) is 11.6 Å². The number of aromatic nitrogens is 8. The molecule has 344 valence electrons. The number of nitrogens with one attached hydrogen (secondary N) is 1. The number of fused-ring (bicyclic) bond motifs is 2. The monoisotopic (exact) mass is 913 g/mol. The van der Waals surface area contributed by atoms with Gasteiger partial charge in [-0.15, -0.1) is 10.2 Å². The van der Waals surface area contributed by atoms with Gasteiger partial charge in [0.2, 0.25) is 5.91 Å². The molecule has 4 aliphatic heterocycles. The molecule has 1 aliphatic carbocycles. The Morgan fingerprint density at radius 3 is 2.56 bits per heavy atom. The molecule has 2 amide bonds. The fourth-order valence-corrected chi connectivity index (χ4v) is 10.5. The standard InChI is InChI=1S/C48H56ClN13O4/c1-31(63)59-21-15-43-39(30-59)47(57-62(43)36-16-23-65-24-17-36)61-18-2-3-41-44(61)28-51-46(54-41)34-27-52-60(29-34)22-14-32-12-19-58(20-13-32)45-11-10-42(55-56-45)48(64)53-35-5-8-37(9-6-35)66-38-7-4-33(26-50)40(49)25-38/h4,7,10-11,25,27-29,32,35-37H,2-3,5-6,8-9,12-24,30H2,1H3,(H,53,64). The van der Waals surface area contributed by atoms with Crippen LogP contribution in [-0.2, 0) is 35.5 Å². The normalized spacial score (nSPS) is 20.3. The number of amides is 2. The van der Waals surface area contributed by atoms with Gasteiger partial charge >= 0.3 is 0 Å². The minimum absolute atomic E-state index is 0.0274. The Labute approximate surface area is 389 Å². The van der Waals surface area contributed by atoms with Gasteiger partial charge in [0.25, 0.3) is 5.91 Å². The molecule has 0 radical (unpaired) electrons. The van der Waals surface area contributed by atoms with Crippen LogP contribution in [0.4, 0.5) is 17.3 Å². The van der Waals surface area contributed by atoms with Crippen LogP contribution in [-0.4, -0.2) is 108 Å². The van der Waals surface area contributed by atoms with Crippen LogP contribution in [0.2, 0.25) is 5.02 Å². The molecule has 0 atom stereocenters. The molecular formula is C48H56ClN13O4. The summed E-state index contributed by atoms with van der Waals surface area (Å²) in [6.45, 7) is 7.81. The van der Waals surface area contributed by atoms with Crippen LogP contribution in [0.1, 0.15) is 110 Å². The van der Waals surface area contributed by atoms with Crippen LogP contribution in [0, 0.1) is 17.2 Å². The van der Waals surface area contributed by atoms with E-state index in [-0.39, 0.29) is 24.0 Å². The number of carbonyl (C=O) groups excluding carboxylic acids is 2. The number of carbonyl (C=O) groups is 2. The third kappa shape index (κ3) is 9.44. The van der Waals surface area contributed by atoms with Gasteiger partial charge in [0, 0.05) is 88.8 Å². The lowest BCUT2D eigenvalue weighted by atomic mass is 9.92. The van der Waals surface area contributed by atoms with E-state index in [4.69, 9.17) is 46.5 Å². The van der Waals surface area contributed by atoms with Gasteiger partial charge in [0.05, 0.1) is 58.6 Å². The van der Waals surface area contributed by atoms with E-state index in [0.29, 0.717) is 52.9 Å². The molecule has 18 heteroatoms. The molecule has 1 aromatic carbocycles. The summed E-state index contributed by atoms with van der Waals surface area (Å²) in [4.78, 5) is 42.0. The van der Waals surface area contributed by atoms with E-state index < -0.39 is 0 Å². The number of hydrogen-bond acceptors (Lipinski definition) is 13. The van der Waals surface area contributed by atoms with E-state index in [0.717, 1.165) is 151 Å². The maximum atomic E-state index is 13.1. The summed E-state index contributed by atoms with van der Waals surface area (Å²) in [6, 6.07) is 11.2. The number of rotatable bonds is 11. The molecule has 10 rings (SSSR count). The van der Waals surface area contributed by atoms with Crippen molar-refractivity contribution in [3.63, 3.8) is 0 Å². The van der Waals surface area contributed by atoms with Gasteiger partial charge in [0.15, 0.2) is 23.2 Å². The summed E-state index contributed by atoms with van der Waals surface area (Å²) in [5, 5.41) is 31.4. The fraction of sp³-hybridized carbons (Fsp3) is 0.521. The highest BCUT2D eigenvalue weighted by Crippen LogP contribution is 2.39. The van der Waals surface area contributed by atoms with Crippen molar-refractivity contribution in [2.45, 2.75) is 115 Å². The summed E-state index contributed by atoms with van der Waals surface area (Å²) >= 11 is 6.17. The maximum Gasteiger partial charge on any atom is 0.272 e. The number of benzene rings is 1. The number of piperidine rings is 1. The third-order valence-corrected chi connectivity index (χ3v) is 14.4. The second-order valence-electron chi connectivity index (χ2n) is 18.3. The van der Waals surface area contributed by atoms with Crippen molar-refractivity contribution < 1.29 is 19.1 Å². The van der Waals surface area contributed by atoms with Gasteiger partial charge in [0.1, 0.15) is 11.8 Å². The van der Waals surface area contributed by atoms with E-state index >= 15 is 0 Å². The van der Waals surface area contributed by atoms with Crippen molar-refractivity contribution in [2.24, 2.45) is 5.92 Å². The molecular weight excluding hydrogens is 858 g/mol. The Bertz CT molecular complexity index is 2590. The van der Waals surface area contributed by atoms with Crippen LogP contribution < -0.4 is 19.9 Å². The molecule has 5 aliphatic rings. The highest BCUT2D eigenvalue weighted by molar-refractivity contribution is 6.31. The quantitative estimate of drug-likeness (QED) is 0.149. The smallest absolute Gasteiger partial charge is 0.272 e. The highest BCUT2D eigenvalue weighted by Gasteiger charge is 2.34. The first-order chi connectivity index (χ1) is 32.3. The van der Waals surface area contributed by atoms with Crippen LogP contribution in [0.15, 0.2) is 48.9 Å². The van der Waals surface area contributed by atoms with Gasteiger partial charge < -0.3 is 29.5 Å². The van der Waals surface area contributed by atoms with E-state index in [9.17, 15) is 9.59 Å². The SMILES string of the molecule is CC(=O)N1CCc2c(c(N3CCCc4nc(-c5cnn(CCC6CCN(c7ccc(C(=O)NC8CCC(Oc9ccc(C#N)c(Cl)c9)CC8)nn7)CC6)c5)ncc43)nn2C2CCOCC2)C1. The van der Waals surface area contributed by atoms with Gasteiger partial charge in [-0.05, 0) is 101 Å². The molecule has 0 bridgehead atoms. The predicted molar refractivity (Wildman–Crippen MR) is 247 cm³/mol. The molecule has 66 heavy (non-hydrogen) atoms. The van der Waals surface area contributed by atoms with Gasteiger partial charge in [-0.3, -0.25) is 19.0 Å². The Balaban J connectivity index is 0.698. The largest absolute Gasteiger partial charge is 0.490 e. The van der Waals surface area contributed by atoms with Crippen molar-refractivity contribution >= 4 is 40.7 Å². The fourth-order valence-electron chi connectivity index (χ4n) is 10.3. The van der Waals surface area contributed by atoms with Crippen LogP contribution >= 0.6 is 11.6 Å². The van der Waals surface area contributed by atoms with Gasteiger partial charge in [-0.25, -0.2) is 9.97 Å².